The van der Waals surface area contributed by atoms with E-state index in [-0.39, 0.29) is 17.8 Å². The van der Waals surface area contributed by atoms with Crippen molar-refractivity contribution in [3.63, 3.8) is 0 Å². The topological polar surface area (TPSA) is 88.6 Å². The van der Waals surface area contributed by atoms with Gasteiger partial charge in [-0.3, -0.25) is 0 Å². The second-order valence-electron chi connectivity index (χ2n) is 6.80. The van der Waals surface area contributed by atoms with Gasteiger partial charge >= 0.3 is 6.03 Å². The van der Waals surface area contributed by atoms with E-state index in [1.807, 2.05) is 6.92 Å². The van der Waals surface area contributed by atoms with E-state index in [4.69, 9.17) is 9.47 Å². The van der Waals surface area contributed by atoms with Gasteiger partial charge in [0.15, 0.2) is 0 Å². The van der Waals surface area contributed by atoms with Crippen LogP contribution in [0.4, 0.5) is 36.7 Å². The molecule has 0 radical (unpaired) electrons. The lowest BCUT2D eigenvalue weighted by Gasteiger charge is -2.23. The highest BCUT2D eigenvalue weighted by molar-refractivity contribution is 6.06. The Kier molecular flexibility index (Phi) is 7.50. The van der Waals surface area contributed by atoms with E-state index in [9.17, 15) is 13.6 Å². The number of amides is 2. The molecule has 2 N–H and O–H groups in total. The first-order valence-corrected chi connectivity index (χ1v) is 9.70. The molecule has 1 heterocycles. The number of hydrogen-bond acceptors (Lipinski definition) is 6. The molecule has 0 fully saturated rings. The maximum absolute atomic E-state index is 14.1. The van der Waals surface area contributed by atoms with Crippen LogP contribution in [0.25, 0.3) is 0 Å². The molecule has 1 unspecified atom stereocenters. The molecule has 32 heavy (non-hydrogen) atoms. The molecule has 2 aromatic carbocycles. The average molecular weight is 443 g/mol. The minimum atomic E-state index is -0.897. The van der Waals surface area contributed by atoms with Crippen LogP contribution in [-0.2, 0) is 4.74 Å². The van der Waals surface area contributed by atoms with Crippen molar-refractivity contribution in [1.82, 2.24) is 9.97 Å². The molecule has 0 saturated heterocycles. The summed E-state index contributed by atoms with van der Waals surface area (Å²) in [7, 11) is 3.09. The summed E-state index contributed by atoms with van der Waals surface area (Å²) in [5.41, 5.74) is -0.160. The second kappa shape index (κ2) is 10.5. The number of anilines is 4. The molecule has 1 atom stereocenters. The zero-order chi connectivity index (χ0) is 23.1. The van der Waals surface area contributed by atoms with Crippen LogP contribution in [-0.4, -0.2) is 42.9 Å². The predicted molar refractivity (Wildman–Crippen MR) is 118 cm³/mol. The van der Waals surface area contributed by atoms with Gasteiger partial charge in [0.1, 0.15) is 28.9 Å². The molecule has 0 aliphatic carbocycles. The fourth-order valence-corrected chi connectivity index (χ4v) is 2.92. The number of ether oxygens (including phenoxy) is 2. The van der Waals surface area contributed by atoms with E-state index in [0.29, 0.717) is 18.0 Å². The van der Waals surface area contributed by atoms with Gasteiger partial charge in [0, 0.05) is 25.4 Å². The van der Waals surface area contributed by atoms with Crippen molar-refractivity contribution in [3.8, 4) is 5.75 Å². The molecule has 8 nitrogen and oxygen atoms in total. The molecule has 1 aromatic heterocycles. The number of halogens is 2. The Bertz CT molecular complexity index is 1050. The Morgan fingerprint density at radius 2 is 1.78 bits per heavy atom. The molecular weight excluding hydrogens is 420 g/mol. The van der Waals surface area contributed by atoms with Crippen molar-refractivity contribution >= 4 is 29.2 Å². The molecule has 10 heteroatoms. The summed E-state index contributed by atoms with van der Waals surface area (Å²) >= 11 is 0. The fraction of sp³-hybridized carbons (Fsp3) is 0.227. The van der Waals surface area contributed by atoms with Crippen LogP contribution >= 0.6 is 0 Å². The van der Waals surface area contributed by atoms with Gasteiger partial charge in [-0.05, 0) is 43.3 Å². The number of aromatic nitrogens is 2. The maximum Gasteiger partial charge on any atom is 0.332 e. The van der Waals surface area contributed by atoms with Gasteiger partial charge in [-0.2, -0.15) is 4.98 Å². The Morgan fingerprint density at radius 3 is 2.41 bits per heavy atom. The van der Waals surface area contributed by atoms with E-state index in [0.717, 1.165) is 12.1 Å². The molecule has 2 amide bonds. The molecule has 0 spiro atoms. The number of benzene rings is 2. The summed E-state index contributed by atoms with van der Waals surface area (Å²) in [4.78, 5) is 22.9. The quantitative estimate of drug-likeness (QED) is 0.530. The van der Waals surface area contributed by atoms with E-state index >= 15 is 0 Å². The Labute approximate surface area is 184 Å². The van der Waals surface area contributed by atoms with Crippen molar-refractivity contribution in [1.29, 1.82) is 0 Å². The molecule has 0 aliphatic rings. The van der Waals surface area contributed by atoms with Crippen LogP contribution in [0.3, 0.4) is 0 Å². The van der Waals surface area contributed by atoms with Crippen molar-refractivity contribution in [2.24, 2.45) is 0 Å². The molecule has 168 valence electrons. The Balaban J connectivity index is 1.98. The van der Waals surface area contributed by atoms with Gasteiger partial charge < -0.3 is 20.1 Å². The monoisotopic (exact) mass is 443 g/mol. The molecule has 3 rings (SSSR count). The number of nitrogens with one attached hydrogen (secondary N) is 2. The summed E-state index contributed by atoms with van der Waals surface area (Å²) in [6.45, 7) is 2.30. The van der Waals surface area contributed by atoms with Crippen molar-refractivity contribution < 1.29 is 23.0 Å². The highest BCUT2D eigenvalue weighted by atomic mass is 19.1. The third-order valence-corrected chi connectivity index (χ3v) is 4.39. The summed E-state index contributed by atoms with van der Waals surface area (Å²) < 4.78 is 38.5. The van der Waals surface area contributed by atoms with Crippen LogP contribution in [0, 0.1) is 11.6 Å². The van der Waals surface area contributed by atoms with E-state index in [2.05, 4.69) is 20.6 Å². The number of rotatable bonds is 8. The summed E-state index contributed by atoms with van der Waals surface area (Å²) in [6.07, 6.45) is 1.47. The average Bonchev–Trinajstić information content (AvgIpc) is 2.77. The van der Waals surface area contributed by atoms with E-state index < -0.39 is 23.4 Å². The van der Waals surface area contributed by atoms with Gasteiger partial charge in [-0.1, -0.05) is 6.07 Å². The van der Waals surface area contributed by atoms with Crippen LogP contribution in [0.5, 0.6) is 5.75 Å². The number of carbonyl (C=O) groups is 1. The lowest BCUT2D eigenvalue weighted by atomic mass is 10.2. The fourth-order valence-electron chi connectivity index (χ4n) is 2.92. The highest BCUT2D eigenvalue weighted by Crippen LogP contribution is 2.28. The van der Waals surface area contributed by atoms with Crippen molar-refractivity contribution in [3.05, 3.63) is 66.4 Å². The number of para-hydroxylation sites is 1. The van der Waals surface area contributed by atoms with E-state index in [1.54, 1.807) is 31.4 Å². The van der Waals surface area contributed by atoms with Crippen LogP contribution < -0.4 is 20.3 Å². The summed E-state index contributed by atoms with van der Waals surface area (Å²) in [5, 5.41) is 5.36. The van der Waals surface area contributed by atoms with Gasteiger partial charge in [-0.15, -0.1) is 0 Å². The first-order chi connectivity index (χ1) is 15.4. The number of urea groups is 1. The number of hydrogen-bond donors (Lipinski definition) is 2. The second-order valence-corrected chi connectivity index (χ2v) is 6.80. The van der Waals surface area contributed by atoms with Gasteiger partial charge in [0.2, 0.25) is 5.95 Å². The first kappa shape index (κ1) is 22.9. The maximum atomic E-state index is 14.1. The molecular formula is C22H23F2N5O3. The summed E-state index contributed by atoms with van der Waals surface area (Å²) in [6, 6.07) is 10.5. The van der Waals surface area contributed by atoms with Crippen LogP contribution in [0.2, 0.25) is 0 Å². The third kappa shape index (κ3) is 5.46. The Hall–Kier alpha value is -3.79. The van der Waals surface area contributed by atoms with Crippen molar-refractivity contribution in [2.75, 3.05) is 36.4 Å². The number of carbonyl (C=O) groups excluding carboxylic acids is 1. The van der Waals surface area contributed by atoms with Crippen molar-refractivity contribution in [2.45, 2.75) is 13.0 Å². The molecule has 3 aromatic rings. The van der Waals surface area contributed by atoms with Gasteiger partial charge in [-0.25, -0.2) is 23.5 Å². The van der Waals surface area contributed by atoms with Crippen LogP contribution in [0.15, 0.2) is 54.7 Å². The summed E-state index contributed by atoms with van der Waals surface area (Å²) in [5.74, 6) is -0.771. The third-order valence-electron chi connectivity index (χ3n) is 4.39. The van der Waals surface area contributed by atoms with E-state index in [1.165, 1.54) is 30.3 Å². The largest absolute Gasteiger partial charge is 0.497 e. The standard InChI is InChI=1S/C22H23F2N5O3/c1-14(13-31-2)26-21-25-12-11-19(27-21)29(15-7-9-16(32-3)10-8-15)22(30)28-20-17(23)5-4-6-18(20)24/h4-12,14H,13H2,1-3H3,(H,28,30)(H,25,26,27). The molecule has 0 saturated carbocycles. The molecule has 0 bridgehead atoms. The minimum Gasteiger partial charge on any atom is -0.497 e. The zero-order valence-corrected chi connectivity index (χ0v) is 17.8. The SMILES string of the molecule is COCC(C)Nc1nccc(N(C(=O)Nc2c(F)cccc2F)c2ccc(OC)cc2)n1. The zero-order valence-electron chi connectivity index (χ0n) is 17.8. The lowest BCUT2D eigenvalue weighted by molar-refractivity contribution is 0.190. The Morgan fingerprint density at radius 1 is 1.09 bits per heavy atom. The smallest absolute Gasteiger partial charge is 0.332 e. The first-order valence-electron chi connectivity index (χ1n) is 9.70. The highest BCUT2D eigenvalue weighted by Gasteiger charge is 2.23. The van der Waals surface area contributed by atoms with Gasteiger partial charge in [0.25, 0.3) is 0 Å². The van der Waals surface area contributed by atoms with Crippen LogP contribution in [0.1, 0.15) is 6.92 Å². The molecule has 0 aliphatic heterocycles. The normalized spacial score (nSPS) is 11.5. The predicted octanol–water partition coefficient (Wildman–Crippen LogP) is 4.58. The minimum absolute atomic E-state index is 0.0916. The number of nitrogens with zero attached hydrogens (tertiary/aromatic N) is 3. The lowest BCUT2D eigenvalue weighted by Crippen LogP contribution is -2.32. The van der Waals surface area contributed by atoms with Gasteiger partial charge in [0.05, 0.1) is 19.4 Å². The number of methoxy groups -OCH3 is 2.